The van der Waals surface area contributed by atoms with Crippen molar-refractivity contribution in [3.8, 4) is 44.5 Å². The van der Waals surface area contributed by atoms with Crippen molar-refractivity contribution in [2.75, 3.05) is 19.8 Å². The third kappa shape index (κ3) is 8.37. The lowest BCUT2D eigenvalue weighted by Gasteiger charge is -2.50. The molecule has 0 atom stereocenters. The van der Waals surface area contributed by atoms with Crippen LogP contribution in [0.5, 0.6) is 0 Å². The third-order valence-electron chi connectivity index (χ3n) is 17.0. The van der Waals surface area contributed by atoms with E-state index in [9.17, 15) is 0 Å². The highest BCUT2D eigenvalue weighted by Crippen LogP contribution is 2.65. The van der Waals surface area contributed by atoms with Gasteiger partial charge in [0.1, 0.15) is 11.2 Å². The minimum Gasteiger partial charge on any atom is -0.456 e. The van der Waals surface area contributed by atoms with E-state index in [2.05, 4.69) is 328 Å². The van der Waals surface area contributed by atoms with E-state index in [0.717, 1.165) is 101 Å². The molecule has 0 N–H and O–H groups in total. The molecule has 0 unspecified atom stereocenters. The highest BCUT2D eigenvalue weighted by molar-refractivity contribution is 6.26. The van der Waals surface area contributed by atoms with E-state index in [-0.39, 0.29) is 10.8 Å². The summed E-state index contributed by atoms with van der Waals surface area (Å²) in [5.41, 5.74) is 24.0. The van der Waals surface area contributed by atoms with Crippen molar-refractivity contribution in [1.29, 1.82) is 0 Å². The maximum absolute atomic E-state index is 6.81. The molecule has 3 heterocycles. The summed E-state index contributed by atoms with van der Waals surface area (Å²) in [5.74, 6) is 0. The first-order chi connectivity index (χ1) is 40.4. The van der Waals surface area contributed by atoms with Crippen molar-refractivity contribution < 1.29 is 4.42 Å². The molecule has 0 radical (unpaired) electrons. The summed E-state index contributed by atoms with van der Waals surface area (Å²) in [7, 11) is 0. The summed E-state index contributed by atoms with van der Waals surface area (Å²) in [6.07, 6.45) is 0. The molecule has 83 heavy (non-hydrogen) atoms. The van der Waals surface area contributed by atoms with Crippen LogP contribution in [0.3, 0.4) is 0 Å². The standard InChI is InChI=1S/C78H62N4O/c1-77(2,3)57-34-41-61(42-35-57)81-68-46-47-72-73(64-28-18-19-29-71(64)83-72)75(68)74-63-27-17-16-26-56(63)48-70-76(74)82(81)67-45-43-62(50-69(67)80(70)66-44-36-58(78(4,5)6)49-65(66)55-24-14-9-15-25-55)79(59-37-30-53(31-38-59)51-20-10-7-11-21-51)60-39-32-54(33-40-60)52-22-12-8-13-23-52/h7-50H,1-6H3. The van der Waals surface area contributed by atoms with Gasteiger partial charge in [-0.3, -0.25) is 0 Å². The maximum atomic E-state index is 6.81. The Morgan fingerprint density at radius 1 is 0.337 bits per heavy atom. The fourth-order valence-corrected chi connectivity index (χ4v) is 12.7. The number of furan rings is 1. The Hall–Kier alpha value is -10.1. The minimum atomic E-state index is -0.105. The van der Waals surface area contributed by atoms with Gasteiger partial charge in [0.2, 0.25) is 0 Å². The average molecular weight is 1070 g/mol. The van der Waals surface area contributed by atoms with E-state index >= 15 is 0 Å². The number of hydrogen-bond acceptors (Lipinski definition) is 5. The van der Waals surface area contributed by atoms with Crippen LogP contribution in [0.2, 0.25) is 0 Å². The van der Waals surface area contributed by atoms with Crippen molar-refractivity contribution in [3.63, 3.8) is 0 Å². The molecule has 0 spiro atoms. The van der Waals surface area contributed by atoms with Gasteiger partial charge in [-0.15, -0.1) is 0 Å². The van der Waals surface area contributed by atoms with Crippen LogP contribution in [0.1, 0.15) is 52.7 Å². The second-order valence-electron chi connectivity index (χ2n) is 24.2. The molecule has 1 aromatic heterocycles. The molecule has 5 heteroatoms. The Morgan fingerprint density at radius 3 is 1.48 bits per heavy atom. The number of benzene rings is 12. The molecule has 0 amide bonds. The van der Waals surface area contributed by atoms with Gasteiger partial charge in [-0.1, -0.05) is 217 Å². The molecule has 2 aliphatic rings. The van der Waals surface area contributed by atoms with Gasteiger partial charge >= 0.3 is 0 Å². The van der Waals surface area contributed by atoms with Crippen LogP contribution in [-0.4, -0.2) is 0 Å². The second kappa shape index (κ2) is 19.3. The summed E-state index contributed by atoms with van der Waals surface area (Å²) in [6.45, 7) is 13.8. The number of fused-ring (bicyclic) bond motifs is 10. The van der Waals surface area contributed by atoms with E-state index in [1.54, 1.807) is 0 Å². The van der Waals surface area contributed by atoms with Crippen molar-refractivity contribution >= 4 is 89.6 Å². The monoisotopic (exact) mass is 1070 g/mol. The van der Waals surface area contributed by atoms with E-state index in [1.165, 1.54) is 44.3 Å². The first-order valence-electron chi connectivity index (χ1n) is 28.9. The lowest BCUT2D eigenvalue weighted by Crippen LogP contribution is -2.42. The van der Waals surface area contributed by atoms with Crippen LogP contribution >= 0.6 is 0 Å². The Bertz CT molecular complexity index is 4530. The lowest BCUT2D eigenvalue weighted by molar-refractivity contribution is 0.590. The zero-order valence-electron chi connectivity index (χ0n) is 47.6. The Balaban J connectivity index is 1.05. The van der Waals surface area contributed by atoms with Crippen molar-refractivity contribution in [3.05, 3.63) is 278 Å². The molecule has 15 rings (SSSR count). The normalized spacial score (nSPS) is 12.9. The van der Waals surface area contributed by atoms with Crippen LogP contribution in [-0.2, 0) is 10.8 Å². The molecule has 0 aliphatic carbocycles. The summed E-state index contributed by atoms with van der Waals surface area (Å²) < 4.78 is 6.81. The topological polar surface area (TPSA) is 26.1 Å². The molecule has 0 fully saturated rings. The number of hydrogen-bond donors (Lipinski definition) is 0. The molecule has 0 bridgehead atoms. The zero-order valence-corrected chi connectivity index (χ0v) is 47.6. The first kappa shape index (κ1) is 49.9. The van der Waals surface area contributed by atoms with Crippen molar-refractivity contribution in [1.82, 2.24) is 0 Å². The Morgan fingerprint density at radius 2 is 0.855 bits per heavy atom. The predicted molar refractivity (Wildman–Crippen MR) is 350 cm³/mol. The Labute approximate surface area is 486 Å². The van der Waals surface area contributed by atoms with E-state index in [1.807, 2.05) is 0 Å². The molecular formula is C78H62N4O. The van der Waals surface area contributed by atoms with Crippen LogP contribution in [0.4, 0.5) is 56.9 Å². The van der Waals surface area contributed by atoms with Crippen LogP contribution in [0, 0.1) is 0 Å². The number of anilines is 10. The van der Waals surface area contributed by atoms with Crippen molar-refractivity contribution in [2.24, 2.45) is 0 Å². The fraction of sp³-hybridized carbons (Fsp3) is 0.103. The molecular weight excluding hydrogens is 1010 g/mol. The summed E-state index contributed by atoms with van der Waals surface area (Å²) >= 11 is 0. The quantitative estimate of drug-likeness (QED) is 0.151. The molecule has 2 aliphatic heterocycles. The minimum absolute atomic E-state index is 0.0396. The van der Waals surface area contributed by atoms with Gasteiger partial charge < -0.3 is 14.2 Å². The number of rotatable bonds is 8. The lowest BCUT2D eigenvalue weighted by atomic mass is 9.84. The van der Waals surface area contributed by atoms with E-state index < -0.39 is 0 Å². The average Bonchev–Trinajstić information content (AvgIpc) is 1.59. The Kier molecular flexibility index (Phi) is 11.6. The van der Waals surface area contributed by atoms with E-state index in [4.69, 9.17) is 4.42 Å². The predicted octanol–water partition coefficient (Wildman–Crippen LogP) is 22.5. The van der Waals surface area contributed by atoms with Crippen LogP contribution in [0.25, 0.3) is 77.2 Å². The zero-order chi connectivity index (χ0) is 56.1. The molecule has 12 aromatic carbocycles. The smallest absolute Gasteiger partial charge is 0.136 e. The fourth-order valence-electron chi connectivity index (χ4n) is 12.7. The summed E-state index contributed by atoms with van der Waals surface area (Å²) in [6, 6.07) is 98.2. The van der Waals surface area contributed by atoms with Crippen molar-refractivity contribution in [2.45, 2.75) is 52.4 Å². The summed E-state index contributed by atoms with van der Waals surface area (Å²) in [5, 5.41) is 9.52. The van der Waals surface area contributed by atoms with Gasteiger partial charge in [-0.2, -0.15) is 0 Å². The van der Waals surface area contributed by atoms with Gasteiger partial charge in [0.25, 0.3) is 0 Å². The molecule has 0 saturated heterocycles. The van der Waals surface area contributed by atoms with Gasteiger partial charge in [0, 0.05) is 44.5 Å². The third-order valence-corrected chi connectivity index (χ3v) is 17.0. The summed E-state index contributed by atoms with van der Waals surface area (Å²) in [4.78, 5) is 4.99. The van der Waals surface area contributed by atoms with Gasteiger partial charge in [0.15, 0.2) is 0 Å². The second-order valence-corrected chi connectivity index (χ2v) is 24.2. The molecule has 13 aromatic rings. The number of hydrazine groups is 1. The SMILES string of the molecule is CC(C)(C)c1ccc(N2c3ccc4oc5ccccc5c4c3-c3c4c(cc5ccccc35)N(c3ccc(C(C)(C)C)cc3-c3ccccc3)c3cc(N(c5ccc(-c6ccccc6)cc5)c5ccc(-c6ccccc6)cc5)ccc3N42)cc1. The largest absolute Gasteiger partial charge is 0.456 e. The first-order valence-corrected chi connectivity index (χ1v) is 28.9. The highest BCUT2D eigenvalue weighted by atomic mass is 16.3. The van der Waals surface area contributed by atoms with Gasteiger partial charge in [-0.25, -0.2) is 10.0 Å². The molecule has 400 valence electrons. The van der Waals surface area contributed by atoms with Gasteiger partial charge in [-0.05, 0) is 152 Å². The number of nitrogens with zero attached hydrogens (tertiary/aromatic N) is 4. The van der Waals surface area contributed by atoms with Crippen LogP contribution in [0.15, 0.2) is 271 Å². The van der Waals surface area contributed by atoms with Gasteiger partial charge in [0.05, 0.1) is 39.8 Å². The molecule has 5 nitrogen and oxygen atoms in total. The van der Waals surface area contributed by atoms with E-state index in [0.29, 0.717) is 0 Å². The van der Waals surface area contributed by atoms with Crippen LogP contribution < -0.4 is 19.8 Å². The maximum Gasteiger partial charge on any atom is 0.136 e. The number of para-hydroxylation sites is 1. The molecule has 0 saturated carbocycles. The highest BCUT2D eigenvalue weighted by Gasteiger charge is 2.43.